The zero-order chi connectivity index (χ0) is 14.5. The van der Waals surface area contributed by atoms with Gasteiger partial charge in [-0.2, -0.15) is 0 Å². The third-order valence-corrected chi connectivity index (χ3v) is 4.44. The highest BCUT2D eigenvalue weighted by molar-refractivity contribution is 9.10. The number of carbonyl (C=O) groups excluding carboxylic acids is 1. The average molecular weight is 342 g/mol. The van der Waals surface area contributed by atoms with Gasteiger partial charge in [0, 0.05) is 6.04 Å². The number of amides is 1. The Hall–Kier alpha value is -1.04. The van der Waals surface area contributed by atoms with E-state index >= 15 is 0 Å². The van der Waals surface area contributed by atoms with Crippen LogP contribution in [0, 0.1) is 5.92 Å². The maximum atomic E-state index is 12.5. The number of hydrogen-bond acceptors (Lipinski definition) is 3. The van der Waals surface area contributed by atoms with E-state index in [0.29, 0.717) is 12.0 Å². The lowest BCUT2D eigenvalue weighted by molar-refractivity contribution is 0.00619. The summed E-state index contributed by atoms with van der Waals surface area (Å²) in [7, 11) is 0. The minimum Gasteiger partial charge on any atom is -0.444 e. The Labute approximate surface area is 127 Å². The highest BCUT2D eigenvalue weighted by Crippen LogP contribution is 2.50. The first kappa shape index (κ1) is 13.9. The number of fused-ring (bicyclic) bond motifs is 2. The molecule has 1 aromatic heterocycles. The standard InChI is InChI=1S/C14H20BrN3O2/c1-14(2,3)20-13(19)18-9-5-4-8(6-9)11(18)12-16-7-10(15)17-12/h7-9,11H,4-6H2,1-3H3,(H,16,17)/t8-,9+,11-/m0/s1. The zero-order valence-electron chi connectivity index (χ0n) is 12.0. The van der Waals surface area contributed by atoms with Crippen molar-refractivity contribution in [1.29, 1.82) is 0 Å². The lowest BCUT2D eigenvalue weighted by Crippen LogP contribution is -2.43. The van der Waals surface area contributed by atoms with Crippen LogP contribution in [0.25, 0.3) is 0 Å². The number of ether oxygens (including phenoxy) is 1. The van der Waals surface area contributed by atoms with Gasteiger partial charge in [0.1, 0.15) is 16.0 Å². The molecule has 2 heterocycles. The molecule has 3 rings (SSSR count). The molecule has 6 heteroatoms. The van der Waals surface area contributed by atoms with Crippen molar-refractivity contribution in [3.63, 3.8) is 0 Å². The maximum absolute atomic E-state index is 12.5. The molecule has 2 fully saturated rings. The molecular weight excluding hydrogens is 322 g/mol. The number of hydrogen-bond donors (Lipinski definition) is 1. The summed E-state index contributed by atoms with van der Waals surface area (Å²) in [5, 5.41) is 0. The van der Waals surface area contributed by atoms with Crippen molar-refractivity contribution in [3.05, 3.63) is 16.6 Å². The summed E-state index contributed by atoms with van der Waals surface area (Å²) in [6.45, 7) is 5.70. The average Bonchev–Trinajstić information content (AvgIpc) is 2.99. The third-order valence-electron chi connectivity index (χ3n) is 4.03. The number of rotatable bonds is 1. The van der Waals surface area contributed by atoms with Crippen LogP contribution in [0.5, 0.6) is 0 Å². The van der Waals surface area contributed by atoms with Gasteiger partial charge in [-0.3, -0.25) is 4.90 Å². The number of halogens is 1. The Morgan fingerprint density at radius 3 is 2.85 bits per heavy atom. The van der Waals surface area contributed by atoms with Crippen molar-refractivity contribution in [2.24, 2.45) is 5.92 Å². The first-order valence-electron chi connectivity index (χ1n) is 7.07. The second-order valence-electron chi connectivity index (χ2n) is 6.68. The van der Waals surface area contributed by atoms with Gasteiger partial charge in [0.05, 0.1) is 12.2 Å². The summed E-state index contributed by atoms with van der Waals surface area (Å²) in [5.74, 6) is 1.35. The molecule has 1 aliphatic heterocycles. The number of H-pyrrole nitrogens is 1. The molecule has 1 aliphatic carbocycles. The molecule has 1 amide bonds. The van der Waals surface area contributed by atoms with Crippen molar-refractivity contribution < 1.29 is 9.53 Å². The summed E-state index contributed by atoms with van der Waals surface area (Å²) >= 11 is 3.39. The minimum absolute atomic E-state index is 0.0231. The van der Waals surface area contributed by atoms with Gasteiger partial charge in [-0.1, -0.05) is 0 Å². The predicted molar refractivity (Wildman–Crippen MR) is 78.2 cm³/mol. The van der Waals surface area contributed by atoms with E-state index < -0.39 is 5.60 Å². The number of carbonyl (C=O) groups is 1. The molecule has 1 saturated heterocycles. The molecule has 1 N–H and O–H groups in total. The van der Waals surface area contributed by atoms with Crippen LogP contribution in [-0.2, 0) is 4.74 Å². The summed E-state index contributed by atoms with van der Waals surface area (Å²) < 4.78 is 6.41. The zero-order valence-corrected chi connectivity index (χ0v) is 13.6. The van der Waals surface area contributed by atoms with Gasteiger partial charge < -0.3 is 9.72 Å². The molecule has 110 valence electrons. The molecular formula is C14H20BrN3O2. The molecule has 1 saturated carbocycles. The van der Waals surface area contributed by atoms with Gasteiger partial charge in [0.2, 0.25) is 0 Å². The van der Waals surface area contributed by atoms with Crippen molar-refractivity contribution in [1.82, 2.24) is 14.9 Å². The molecule has 20 heavy (non-hydrogen) atoms. The van der Waals surface area contributed by atoms with Crippen LogP contribution >= 0.6 is 15.9 Å². The lowest BCUT2D eigenvalue weighted by Gasteiger charge is -2.35. The van der Waals surface area contributed by atoms with Crippen LogP contribution in [0.2, 0.25) is 0 Å². The molecule has 2 aliphatic rings. The van der Waals surface area contributed by atoms with Crippen molar-refractivity contribution in [2.45, 2.75) is 57.7 Å². The van der Waals surface area contributed by atoms with E-state index in [-0.39, 0.29) is 12.1 Å². The van der Waals surface area contributed by atoms with Crippen molar-refractivity contribution in [2.75, 3.05) is 0 Å². The maximum Gasteiger partial charge on any atom is 0.411 e. The van der Waals surface area contributed by atoms with Crippen LogP contribution in [0.3, 0.4) is 0 Å². The van der Waals surface area contributed by atoms with Crippen LogP contribution in [-0.4, -0.2) is 32.6 Å². The van der Waals surface area contributed by atoms with E-state index in [1.807, 2.05) is 25.7 Å². The second-order valence-corrected chi connectivity index (χ2v) is 7.53. The quantitative estimate of drug-likeness (QED) is 0.848. The van der Waals surface area contributed by atoms with Gasteiger partial charge in [-0.05, 0) is 61.9 Å². The summed E-state index contributed by atoms with van der Waals surface area (Å²) in [4.78, 5) is 22.0. The van der Waals surface area contributed by atoms with Gasteiger partial charge in [-0.15, -0.1) is 0 Å². The number of aromatic nitrogens is 2. The Balaban J connectivity index is 1.86. The van der Waals surface area contributed by atoms with Crippen LogP contribution in [0.15, 0.2) is 10.8 Å². The number of likely N-dealkylation sites (tertiary alicyclic amines) is 1. The van der Waals surface area contributed by atoms with E-state index in [9.17, 15) is 4.79 Å². The number of nitrogens with one attached hydrogen (secondary N) is 1. The molecule has 0 aromatic carbocycles. The highest BCUT2D eigenvalue weighted by Gasteiger charge is 2.51. The second kappa shape index (κ2) is 4.76. The Morgan fingerprint density at radius 1 is 1.50 bits per heavy atom. The molecule has 2 bridgehead atoms. The number of imidazole rings is 1. The first-order chi connectivity index (χ1) is 9.35. The predicted octanol–water partition coefficient (Wildman–Crippen LogP) is 3.63. The topological polar surface area (TPSA) is 58.2 Å². The SMILES string of the molecule is CC(C)(C)OC(=O)N1[C@@H]2CC[C@@H](C2)[C@H]1c1ncc(Br)[nH]1. The lowest BCUT2D eigenvalue weighted by atomic mass is 9.98. The summed E-state index contributed by atoms with van der Waals surface area (Å²) in [6, 6.07) is 0.318. The Kier molecular flexibility index (Phi) is 3.31. The first-order valence-corrected chi connectivity index (χ1v) is 7.86. The normalized spacial score (nSPS) is 29.0. The minimum atomic E-state index is -0.465. The van der Waals surface area contributed by atoms with Gasteiger partial charge in [-0.25, -0.2) is 9.78 Å². The molecule has 3 atom stereocenters. The highest BCUT2D eigenvalue weighted by atomic mass is 79.9. The Bertz CT molecular complexity index is 523. The van der Waals surface area contributed by atoms with Crippen LogP contribution < -0.4 is 0 Å². The summed E-state index contributed by atoms with van der Waals surface area (Å²) in [6.07, 6.45) is 4.81. The van der Waals surface area contributed by atoms with Gasteiger partial charge in [0.15, 0.2) is 0 Å². The van der Waals surface area contributed by atoms with Crippen molar-refractivity contribution in [3.8, 4) is 0 Å². The molecule has 0 spiro atoms. The van der Waals surface area contributed by atoms with E-state index in [1.165, 1.54) is 0 Å². The van der Waals surface area contributed by atoms with Crippen LogP contribution in [0.4, 0.5) is 4.79 Å². The van der Waals surface area contributed by atoms with E-state index in [0.717, 1.165) is 29.7 Å². The molecule has 0 radical (unpaired) electrons. The number of piperidine rings is 1. The molecule has 5 nitrogen and oxygen atoms in total. The smallest absolute Gasteiger partial charge is 0.411 e. The van der Waals surface area contributed by atoms with Crippen molar-refractivity contribution >= 4 is 22.0 Å². The monoisotopic (exact) mass is 341 g/mol. The van der Waals surface area contributed by atoms with Gasteiger partial charge >= 0.3 is 6.09 Å². The number of aromatic amines is 1. The number of nitrogens with zero attached hydrogens (tertiary/aromatic N) is 2. The third kappa shape index (κ3) is 2.45. The fourth-order valence-electron chi connectivity index (χ4n) is 3.38. The van der Waals surface area contributed by atoms with Crippen LogP contribution in [0.1, 0.15) is 51.9 Å². The largest absolute Gasteiger partial charge is 0.444 e. The Morgan fingerprint density at radius 2 is 2.25 bits per heavy atom. The molecule has 0 unspecified atom stereocenters. The van der Waals surface area contributed by atoms with Gasteiger partial charge in [0.25, 0.3) is 0 Å². The van der Waals surface area contributed by atoms with E-state index in [4.69, 9.17) is 4.74 Å². The fourth-order valence-corrected chi connectivity index (χ4v) is 3.69. The summed E-state index contributed by atoms with van der Waals surface area (Å²) in [5.41, 5.74) is -0.465. The molecule has 1 aromatic rings. The van der Waals surface area contributed by atoms with E-state index in [1.54, 1.807) is 6.20 Å². The van der Waals surface area contributed by atoms with E-state index in [2.05, 4.69) is 25.9 Å². The fraction of sp³-hybridized carbons (Fsp3) is 0.714.